The molecule has 1 saturated heterocycles. The van der Waals surface area contributed by atoms with Crippen LogP contribution in [0, 0.1) is 0 Å². The van der Waals surface area contributed by atoms with E-state index in [9.17, 15) is 4.79 Å². The number of pyridine rings is 1. The van der Waals surface area contributed by atoms with E-state index in [-0.39, 0.29) is 12.1 Å². The molecule has 1 fully saturated rings. The number of carbonyl (C=O) groups is 1. The Balaban J connectivity index is 1.42. The lowest BCUT2D eigenvalue weighted by Gasteiger charge is -2.31. The summed E-state index contributed by atoms with van der Waals surface area (Å²) in [5, 5.41) is 14.2. The Morgan fingerprint density at radius 2 is 2.03 bits per heavy atom. The minimum atomic E-state index is -0.348. The molecule has 1 unspecified atom stereocenters. The van der Waals surface area contributed by atoms with Gasteiger partial charge < -0.3 is 19.7 Å². The number of hydrogen-bond donors (Lipinski definition) is 3. The SMILES string of the molecule is COCC(NC(=O)Nc1cc2[nH]nc(N3CCC(OC)CC3)c2cn1)c1ccccc1. The summed E-state index contributed by atoms with van der Waals surface area (Å²) < 4.78 is 10.7. The second-order valence-corrected chi connectivity index (χ2v) is 7.60. The number of H-pyrrole nitrogens is 1. The molecule has 4 rings (SSSR count). The van der Waals surface area contributed by atoms with E-state index in [1.54, 1.807) is 26.5 Å². The van der Waals surface area contributed by atoms with Crippen LogP contribution in [0.2, 0.25) is 0 Å². The van der Waals surface area contributed by atoms with Gasteiger partial charge in [-0.05, 0) is 18.4 Å². The first kappa shape index (κ1) is 21.1. The fraction of sp³-hybridized carbons (Fsp3) is 0.409. The Labute approximate surface area is 181 Å². The summed E-state index contributed by atoms with van der Waals surface area (Å²) >= 11 is 0. The molecular formula is C22H28N6O3. The summed E-state index contributed by atoms with van der Waals surface area (Å²) in [5.74, 6) is 1.33. The van der Waals surface area contributed by atoms with Gasteiger partial charge in [0.25, 0.3) is 0 Å². The first-order chi connectivity index (χ1) is 15.2. The van der Waals surface area contributed by atoms with E-state index in [1.165, 1.54) is 0 Å². The van der Waals surface area contributed by atoms with Gasteiger partial charge in [0, 0.05) is 39.6 Å². The van der Waals surface area contributed by atoms with Crippen molar-refractivity contribution in [2.75, 3.05) is 44.1 Å². The van der Waals surface area contributed by atoms with Gasteiger partial charge in [-0.3, -0.25) is 10.4 Å². The van der Waals surface area contributed by atoms with Crippen LogP contribution in [0.4, 0.5) is 16.4 Å². The Morgan fingerprint density at radius 3 is 2.74 bits per heavy atom. The molecule has 1 aromatic carbocycles. The molecule has 0 aliphatic carbocycles. The monoisotopic (exact) mass is 424 g/mol. The first-order valence-electron chi connectivity index (χ1n) is 10.4. The highest BCUT2D eigenvalue weighted by Gasteiger charge is 2.22. The van der Waals surface area contributed by atoms with Crippen LogP contribution >= 0.6 is 0 Å². The average Bonchev–Trinajstić information content (AvgIpc) is 3.22. The number of carbonyl (C=O) groups excluding carboxylic acids is 1. The van der Waals surface area contributed by atoms with Gasteiger partial charge in [0.2, 0.25) is 0 Å². The molecule has 0 radical (unpaired) electrons. The van der Waals surface area contributed by atoms with Crippen molar-refractivity contribution in [3.05, 3.63) is 48.2 Å². The largest absolute Gasteiger partial charge is 0.382 e. The number of urea groups is 1. The Bertz CT molecular complexity index is 1000. The van der Waals surface area contributed by atoms with Crippen LogP contribution in [0.3, 0.4) is 0 Å². The van der Waals surface area contributed by atoms with Gasteiger partial charge in [0.15, 0.2) is 5.82 Å². The van der Waals surface area contributed by atoms with E-state index in [0.717, 1.165) is 48.2 Å². The molecule has 2 aromatic heterocycles. The predicted molar refractivity (Wildman–Crippen MR) is 119 cm³/mol. The molecule has 0 bridgehead atoms. The molecule has 3 N–H and O–H groups in total. The number of fused-ring (bicyclic) bond motifs is 1. The van der Waals surface area contributed by atoms with E-state index < -0.39 is 0 Å². The van der Waals surface area contributed by atoms with Crippen molar-refractivity contribution in [3.63, 3.8) is 0 Å². The lowest BCUT2D eigenvalue weighted by molar-refractivity contribution is 0.0818. The van der Waals surface area contributed by atoms with Crippen molar-refractivity contribution in [2.45, 2.75) is 25.0 Å². The predicted octanol–water partition coefficient (Wildman–Crippen LogP) is 3.08. The molecule has 9 heteroatoms. The molecule has 3 heterocycles. The maximum Gasteiger partial charge on any atom is 0.320 e. The van der Waals surface area contributed by atoms with Crippen LogP contribution in [-0.2, 0) is 9.47 Å². The fourth-order valence-corrected chi connectivity index (χ4v) is 3.90. The van der Waals surface area contributed by atoms with E-state index in [2.05, 4.69) is 30.7 Å². The summed E-state index contributed by atoms with van der Waals surface area (Å²) in [6.45, 7) is 2.15. The zero-order valence-electron chi connectivity index (χ0n) is 17.8. The zero-order chi connectivity index (χ0) is 21.6. The van der Waals surface area contributed by atoms with Gasteiger partial charge in [-0.25, -0.2) is 9.78 Å². The summed E-state index contributed by atoms with van der Waals surface area (Å²) in [7, 11) is 3.37. The summed E-state index contributed by atoms with van der Waals surface area (Å²) in [6.07, 6.45) is 4.01. The first-order valence-corrected chi connectivity index (χ1v) is 10.4. The van der Waals surface area contributed by atoms with E-state index in [1.807, 2.05) is 30.3 Å². The van der Waals surface area contributed by atoms with Crippen molar-refractivity contribution in [3.8, 4) is 0 Å². The highest BCUT2D eigenvalue weighted by Crippen LogP contribution is 2.27. The topological polar surface area (TPSA) is 104 Å². The number of nitrogens with one attached hydrogen (secondary N) is 3. The van der Waals surface area contributed by atoms with Crippen LogP contribution < -0.4 is 15.5 Å². The second kappa shape index (κ2) is 9.76. The summed E-state index contributed by atoms with van der Waals surface area (Å²) in [4.78, 5) is 19.2. The number of rotatable bonds is 7. The molecule has 9 nitrogen and oxygen atoms in total. The Morgan fingerprint density at radius 1 is 1.26 bits per heavy atom. The number of aromatic nitrogens is 3. The maximum absolute atomic E-state index is 12.6. The van der Waals surface area contributed by atoms with E-state index in [4.69, 9.17) is 9.47 Å². The number of piperidine rings is 1. The highest BCUT2D eigenvalue weighted by molar-refractivity contribution is 5.94. The van der Waals surface area contributed by atoms with E-state index >= 15 is 0 Å². The molecular weight excluding hydrogens is 396 g/mol. The normalized spacial score (nSPS) is 15.7. The molecule has 1 aliphatic heterocycles. The highest BCUT2D eigenvalue weighted by atomic mass is 16.5. The van der Waals surface area contributed by atoms with Gasteiger partial charge >= 0.3 is 6.03 Å². The molecule has 0 saturated carbocycles. The number of aromatic amines is 1. The molecule has 2 amide bonds. The lowest BCUT2D eigenvalue weighted by Crippen LogP contribution is -2.36. The van der Waals surface area contributed by atoms with Crippen LogP contribution in [0.5, 0.6) is 0 Å². The second-order valence-electron chi connectivity index (χ2n) is 7.60. The molecule has 1 atom stereocenters. The smallest absolute Gasteiger partial charge is 0.320 e. The van der Waals surface area contributed by atoms with Crippen molar-refractivity contribution >= 4 is 28.6 Å². The molecule has 0 spiro atoms. The minimum Gasteiger partial charge on any atom is -0.382 e. The Kier molecular flexibility index (Phi) is 6.63. The van der Waals surface area contributed by atoms with Crippen molar-refractivity contribution < 1.29 is 14.3 Å². The number of ether oxygens (including phenoxy) is 2. The molecule has 1 aliphatic rings. The number of methoxy groups -OCH3 is 2. The van der Waals surface area contributed by atoms with Crippen LogP contribution in [-0.4, -0.2) is 61.2 Å². The van der Waals surface area contributed by atoms with Crippen LogP contribution in [0.15, 0.2) is 42.6 Å². The van der Waals surface area contributed by atoms with Crippen molar-refractivity contribution in [1.82, 2.24) is 20.5 Å². The number of anilines is 2. The lowest BCUT2D eigenvalue weighted by atomic mass is 10.1. The average molecular weight is 425 g/mol. The Hall–Kier alpha value is -3.17. The van der Waals surface area contributed by atoms with Gasteiger partial charge in [-0.2, -0.15) is 5.10 Å². The molecule has 31 heavy (non-hydrogen) atoms. The number of benzene rings is 1. The van der Waals surface area contributed by atoms with Gasteiger partial charge in [-0.1, -0.05) is 30.3 Å². The van der Waals surface area contributed by atoms with Gasteiger partial charge in [0.05, 0.1) is 29.7 Å². The molecule has 164 valence electrons. The minimum absolute atomic E-state index is 0.260. The molecule has 3 aromatic rings. The fourth-order valence-electron chi connectivity index (χ4n) is 3.90. The van der Waals surface area contributed by atoms with Crippen LogP contribution in [0.25, 0.3) is 10.9 Å². The standard InChI is InChI=1S/C22H28N6O3/c1-30-14-19(15-6-4-3-5-7-15)24-22(29)25-20-12-18-17(13-23-20)21(27-26-18)28-10-8-16(31-2)9-11-28/h3-7,12-13,16,19H,8-11,14H2,1-2H3,(H,26,27)(H2,23,24,25,29). The third-order valence-electron chi connectivity index (χ3n) is 5.58. The van der Waals surface area contributed by atoms with Crippen molar-refractivity contribution in [2.24, 2.45) is 0 Å². The maximum atomic E-state index is 12.6. The van der Waals surface area contributed by atoms with Crippen molar-refractivity contribution in [1.29, 1.82) is 0 Å². The zero-order valence-corrected chi connectivity index (χ0v) is 17.8. The quantitative estimate of drug-likeness (QED) is 0.538. The summed E-state index contributed by atoms with van der Waals surface area (Å²) in [6, 6.07) is 10.9. The third-order valence-corrected chi connectivity index (χ3v) is 5.58. The number of nitrogens with zero attached hydrogens (tertiary/aromatic N) is 3. The summed E-state index contributed by atoms with van der Waals surface area (Å²) in [5.41, 5.74) is 1.80. The number of hydrogen-bond acceptors (Lipinski definition) is 6. The number of amides is 2. The van der Waals surface area contributed by atoms with E-state index in [0.29, 0.717) is 18.5 Å². The van der Waals surface area contributed by atoms with Crippen LogP contribution in [0.1, 0.15) is 24.4 Å². The third kappa shape index (κ3) is 4.95. The van der Waals surface area contributed by atoms with Gasteiger partial charge in [-0.15, -0.1) is 0 Å². The van der Waals surface area contributed by atoms with Gasteiger partial charge in [0.1, 0.15) is 5.82 Å².